The van der Waals surface area contributed by atoms with Crippen LogP contribution in [0.2, 0.25) is 20.1 Å². The predicted molar refractivity (Wildman–Crippen MR) is 92.0 cm³/mol. The molecule has 0 saturated heterocycles. The first-order valence-electron chi connectivity index (χ1n) is 5.99. The lowest BCUT2D eigenvalue weighted by atomic mass is 10.2. The minimum atomic E-state index is -0.607. The molecular weight excluding hydrogens is 370 g/mol. The number of nitrogens with one attached hydrogen (secondary N) is 2. The number of carbonyl (C=O) groups is 1. The van der Waals surface area contributed by atoms with Crippen LogP contribution < -0.4 is 10.6 Å². The van der Waals surface area contributed by atoms with E-state index in [2.05, 4.69) is 10.6 Å². The van der Waals surface area contributed by atoms with E-state index in [1.54, 1.807) is 6.92 Å². The van der Waals surface area contributed by atoms with E-state index < -0.39 is 6.03 Å². The number of hydrogen-bond acceptors (Lipinski definition) is 2. The second kappa shape index (κ2) is 6.84. The Morgan fingerprint density at radius 3 is 2.18 bits per heavy atom. The van der Waals surface area contributed by atoms with E-state index in [4.69, 9.17) is 46.4 Å². The first kappa shape index (κ1) is 17.0. The van der Waals surface area contributed by atoms with Crippen LogP contribution in [0.15, 0.2) is 24.3 Å². The van der Waals surface area contributed by atoms with E-state index in [0.717, 1.165) is 0 Å². The number of phenolic OH excluding ortho intramolecular Hbond substituents is 1. The van der Waals surface area contributed by atoms with Crippen LogP contribution >= 0.6 is 46.4 Å². The second-order valence-corrected chi connectivity index (χ2v) is 6.09. The van der Waals surface area contributed by atoms with E-state index in [1.807, 2.05) is 0 Å². The number of phenols is 1. The van der Waals surface area contributed by atoms with Crippen molar-refractivity contribution in [3.8, 4) is 5.75 Å². The molecule has 4 nitrogen and oxygen atoms in total. The van der Waals surface area contributed by atoms with E-state index in [-0.39, 0.29) is 16.5 Å². The zero-order chi connectivity index (χ0) is 16.4. The molecule has 116 valence electrons. The highest BCUT2D eigenvalue weighted by Gasteiger charge is 2.14. The summed E-state index contributed by atoms with van der Waals surface area (Å²) < 4.78 is 0. The van der Waals surface area contributed by atoms with Crippen molar-refractivity contribution in [1.29, 1.82) is 0 Å². The van der Waals surface area contributed by atoms with Crippen LogP contribution in [-0.2, 0) is 0 Å². The summed E-state index contributed by atoms with van der Waals surface area (Å²) in [5.74, 6) is -0.261. The number of aromatic hydroxyl groups is 1. The number of urea groups is 1. The van der Waals surface area contributed by atoms with Crippen LogP contribution in [0.1, 0.15) is 5.56 Å². The van der Waals surface area contributed by atoms with Crippen LogP contribution in [0, 0.1) is 6.92 Å². The van der Waals surface area contributed by atoms with Crippen molar-refractivity contribution >= 4 is 63.8 Å². The fourth-order valence-electron chi connectivity index (χ4n) is 1.71. The molecule has 0 atom stereocenters. The number of benzene rings is 2. The third-order valence-electron chi connectivity index (χ3n) is 2.79. The maximum atomic E-state index is 12.0. The van der Waals surface area contributed by atoms with Crippen molar-refractivity contribution in [3.63, 3.8) is 0 Å². The van der Waals surface area contributed by atoms with Crippen LogP contribution in [0.4, 0.5) is 16.2 Å². The van der Waals surface area contributed by atoms with Gasteiger partial charge in [-0.3, -0.25) is 0 Å². The topological polar surface area (TPSA) is 61.4 Å². The lowest BCUT2D eigenvalue weighted by Gasteiger charge is -2.12. The maximum absolute atomic E-state index is 12.0. The fraction of sp³-hybridized carbons (Fsp3) is 0.0714. The average Bonchev–Trinajstić information content (AvgIpc) is 2.41. The molecule has 0 fully saturated rings. The van der Waals surface area contributed by atoms with Gasteiger partial charge in [0.2, 0.25) is 0 Å². The Morgan fingerprint density at radius 1 is 1.00 bits per heavy atom. The summed E-state index contributed by atoms with van der Waals surface area (Å²) in [6.45, 7) is 1.65. The molecule has 2 amide bonds. The molecule has 3 N–H and O–H groups in total. The summed E-state index contributed by atoms with van der Waals surface area (Å²) in [6, 6.07) is 5.40. The van der Waals surface area contributed by atoms with Gasteiger partial charge in [-0.15, -0.1) is 0 Å². The van der Waals surface area contributed by atoms with Gasteiger partial charge in [-0.25, -0.2) is 4.79 Å². The van der Waals surface area contributed by atoms with Gasteiger partial charge >= 0.3 is 6.03 Å². The van der Waals surface area contributed by atoms with E-state index in [9.17, 15) is 9.90 Å². The quantitative estimate of drug-likeness (QED) is 0.564. The molecule has 0 aromatic heterocycles. The SMILES string of the molecule is Cc1c(Cl)cc(NC(=O)Nc2cc(Cl)cc(Cl)c2)c(O)c1Cl. The zero-order valence-corrected chi connectivity index (χ0v) is 14.2. The molecule has 2 rings (SSSR count). The van der Waals surface area contributed by atoms with E-state index in [0.29, 0.717) is 26.3 Å². The Kier molecular flexibility index (Phi) is 5.29. The Morgan fingerprint density at radius 2 is 1.59 bits per heavy atom. The lowest BCUT2D eigenvalue weighted by Crippen LogP contribution is -2.19. The van der Waals surface area contributed by atoms with Gasteiger partial charge in [0, 0.05) is 20.8 Å². The van der Waals surface area contributed by atoms with Crippen LogP contribution in [-0.4, -0.2) is 11.1 Å². The molecule has 0 spiro atoms. The van der Waals surface area contributed by atoms with Crippen LogP contribution in [0.3, 0.4) is 0 Å². The number of rotatable bonds is 2. The summed E-state index contributed by atoms with van der Waals surface area (Å²) in [7, 11) is 0. The Balaban J connectivity index is 2.19. The van der Waals surface area contributed by atoms with Crippen LogP contribution in [0.25, 0.3) is 0 Å². The van der Waals surface area contributed by atoms with Gasteiger partial charge in [0.05, 0.1) is 10.7 Å². The Bertz CT molecular complexity index is 730. The molecule has 0 aliphatic heterocycles. The van der Waals surface area contributed by atoms with E-state index >= 15 is 0 Å². The van der Waals surface area contributed by atoms with Crippen molar-refractivity contribution in [3.05, 3.63) is 49.9 Å². The molecule has 22 heavy (non-hydrogen) atoms. The van der Waals surface area contributed by atoms with Gasteiger partial charge in [0.25, 0.3) is 0 Å². The minimum Gasteiger partial charge on any atom is -0.504 e. The lowest BCUT2D eigenvalue weighted by molar-refractivity contribution is 0.262. The van der Waals surface area contributed by atoms with Gasteiger partial charge in [0.1, 0.15) is 0 Å². The molecule has 0 bridgehead atoms. The number of halogens is 4. The Labute approximate surface area is 146 Å². The van der Waals surface area contributed by atoms with Crippen molar-refractivity contribution in [2.24, 2.45) is 0 Å². The summed E-state index contributed by atoms with van der Waals surface area (Å²) in [4.78, 5) is 12.0. The molecule has 2 aromatic rings. The predicted octanol–water partition coefficient (Wildman–Crippen LogP) is 5.96. The first-order valence-corrected chi connectivity index (χ1v) is 7.50. The van der Waals surface area contributed by atoms with Crippen molar-refractivity contribution in [2.75, 3.05) is 10.6 Å². The monoisotopic (exact) mass is 378 g/mol. The molecule has 0 radical (unpaired) electrons. The summed E-state index contributed by atoms with van der Waals surface area (Å²) in [5.41, 5.74) is 1.01. The normalized spacial score (nSPS) is 10.4. The highest BCUT2D eigenvalue weighted by atomic mass is 35.5. The molecule has 0 heterocycles. The highest BCUT2D eigenvalue weighted by Crippen LogP contribution is 2.38. The van der Waals surface area contributed by atoms with Gasteiger partial charge in [0.15, 0.2) is 5.75 Å². The van der Waals surface area contributed by atoms with E-state index in [1.165, 1.54) is 24.3 Å². The maximum Gasteiger partial charge on any atom is 0.323 e. The molecule has 2 aromatic carbocycles. The number of hydrogen-bond donors (Lipinski definition) is 3. The standard InChI is InChI=1S/C14H10Cl4N2O2/c1-6-10(17)5-11(13(21)12(6)18)20-14(22)19-9-3-7(15)2-8(16)4-9/h2-5,21H,1H3,(H2,19,20,22). The van der Waals surface area contributed by atoms with Crippen molar-refractivity contribution in [1.82, 2.24) is 0 Å². The van der Waals surface area contributed by atoms with Crippen LogP contribution in [0.5, 0.6) is 5.75 Å². The highest BCUT2D eigenvalue weighted by molar-refractivity contribution is 6.37. The summed E-state index contributed by atoms with van der Waals surface area (Å²) in [6.07, 6.45) is 0. The first-order chi connectivity index (χ1) is 10.3. The second-order valence-electron chi connectivity index (χ2n) is 4.43. The smallest absolute Gasteiger partial charge is 0.323 e. The molecule has 8 heteroatoms. The average molecular weight is 380 g/mol. The molecule has 0 aliphatic carbocycles. The number of amides is 2. The van der Waals surface area contributed by atoms with Gasteiger partial charge in [-0.05, 0) is 36.8 Å². The Hall–Kier alpha value is -1.33. The van der Waals surface area contributed by atoms with Gasteiger partial charge in [-0.1, -0.05) is 46.4 Å². The number of anilines is 2. The van der Waals surface area contributed by atoms with Gasteiger partial charge in [-0.2, -0.15) is 0 Å². The van der Waals surface area contributed by atoms with Crippen molar-refractivity contribution < 1.29 is 9.90 Å². The minimum absolute atomic E-state index is 0.0774. The largest absolute Gasteiger partial charge is 0.504 e. The molecule has 0 aliphatic rings. The fourth-order valence-corrected chi connectivity index (χ4v) is 2.69. The van der Waals surface area contributed by atoms with Gasteiger partial charge < -0.3 is 15.7 Å². The third-order valence-corrected chi connectivity index (χ3v) is 4.08. The summed E-state index contributed by atoms with van der Waals surface area (Å²) in [5, 5.41) is 16.1. The van der Waals surface area contributed by atoms with Crippen molar-refractivity contribution in [2.45, 2.75) is 6.92 Å². The number of carbonyl (C=O) groups excluding carboxylic acids is 1. The molecular formula is C14H10Cl4N2O2. The molecule has 0 unspecified atom stereocenters. The third kappa shape index (κ3) is 3.90. The zero-order valence-electron chi connectivity index (χ0n) is 11.2. The summed E-state index contributed by atoms with van der Waals surface area (Å²) >= 11 is 23.6. The molecule has 0 saturated carbocycles.